The Balaban J connectivity index is 2.30. The Morgan fingerprint density at radius 3 is 2.75 bits per heavy atom. The molecule has 106 valence electrons. The molecule has 0 unspecified atom stereocenters. The Morgan fingerprint density at radius 2 is 2.05 bits per heavy atom. The van der Waals surface area contributed by atoms with Gasteiger partial charge in [-0.15, -0.1) is 11.8 Å². The van der Waals surface area contributed by atoms with Crippen LogP contribution < -0.4 is 10.1 Å². The molecule has 1 aromatic carbocycles. The maximum Gasteiger partial charge on any atom is 0.224 e. The van der Waals surface area contributed by atoms with Crippen LogP contribution >= 0.6 is 11.8 Å². The van der Waals surface area contributed by atoms with E-state index in [1.165, 1.54) is 0 Å². The molecule has 4 nitrogen and oxygen atoms in total. The molecular weight excluding hydrogens is 270 g/mol. The van der Waals surface area contributed by atoms with Gasteiger partial charge in [-0.3, -0.25) is 0 Å². The van der Waals surface area contributed by atoms with Crippen molar-refractivity contribution in [2.75, 3.05) is 18.6 Å². The molecule has 0 saturated heterocycles. The van der Waals surface area contributed by atoms with Gasteiger partial charge >= 0.3 is 0 Å². The first-order valence-corrected chi connectivity index (χ1v) is 7.86. The predicted molar refractivity (Wildman–Crippen MR) is 83.9 cm³/mol. The molecule has 1 N–H and O–H groups in total. The monoisotopic (exact) mass is 289 g/mol. The highest BCUT2D eigenvalue weighted by molar-refractivity contribution is 7.98. The van der Waals surface area contributed by atoms with Gasteiger partial charge < -0.3 is 10.1 Å². The van der Waals surface area contributed by atoms with Gasteiger partial charge in [0.25, 0.3) is 0 Å². The maximum absolute atomic E-state index is 5.92. The number of ether oxygens (including phenoxy) is 1. The Morgan fingerprint density at radius 1 is 1.25 bits per heavy atom. The summed E-state index contributed by atoms with van der Waals surface area (Å²) in [5.41, 5.74) is 0. The van der Waals surface area contributed by atoms with Gasteiger partial charge in [0.2, 0.25) is 5.88 Å². The van der Waals surface area contributed by atoms with Gasteiger partial charge in [-0.2, -0.15) is 4.98 Å². The van der Waals surface area contributed by atoms with Gasteiger partial charge in [0.1, 0.15) is 17.4 Å². The van der Waals surface area contributed by atoms with Gasteiger partial charge in [-0.25, -0.2) is 4.98 Å². The van der Waals surface area contributed by atoms with Crippen LogP contribution in [-0.2, 0) is 6.42 Å². The number of aryl methyl sites for hydroxylation is 1. The van der Waals surface area contributed by atoms with Crippen LogP contribution in [0.3, 0.4) is 0 Å². The van der Waals surface area contributed by atoms with E-state index in [-0.39, 0.29) is 0 Å². The fraction of sp³-hybridized carbons (Fsp3) is 0.333. The summed E-state index contributed by atoms with van der Waals surface area (Å²) >= 11 is 1.66. The van der Waals surface area contributed by atoms with Crippen LogP contribution in [0.4, 0.5) is 5.82 Å². The van der Waals surface area contributed by atoms with Gasteiger partial charge in [0.15, 0.2) is 0 Å². The summed E-state index contributed by atoms with van der Waals surface area (Å²) in [6.07, 6.45) is 3.88. The zero-order chi connectivity index (χ0) is 14.4. The van der Waals surface area contributed by atoms with Crippen LogP contribution in [0.25, 0.3) is 0 Å². The van der Waals surface area contributed by atoms with E-state index in [4.69, 9.17) is 4.74 Å². The van der Waals surface area contributed by atoms with Crippen LogP contribution in [0.5, 0.6) is 11.6 Å². The minimum atomic E-state index is 0.578. The van der Waals surface area contributed by atoms with Crippen molar-refractivity contribution >= 4 is 17.6 Å². The molecule has 1 aromatic heterocycles. The third kappa shape index (κ3) is 3.63. The topological polar surface area (TPSA) is 47.0 Å². The Bertz CT molecular complexity index is 575. The minimum Gasteiger partial charge on any atom is -0.438 e. The molecule has 0 atom stereocenters. The average molecular weight is 289 g/mol. The first-order valence-electron chi connectivity index (χ1n) is 6.63. The average Bonchev–Trinajstić information content (AvgIpc) is 2.48. The first kappa shape index (κ1) is 14.7. The zero-order valence-corrected chi connectivity index (χ0v) is 12.8. The summed E-state index contributed by atoms with van der Waals surface area (Å²) < 4.78 is 5.92. The summed E-state index contributed by atoms with van der Waals surface area (Å²) in [5.74, 6) is 2.98. The number of aromatic nitrogens is 2. The molecular formula is C15H19N3OS. The molecule has 0 bridgehead atoms. The summed E-state index contributed by atoms with van der Waals surface area (Å²) in [7, 11) is 1.84. The number of nitrogens with zero attached hydrogens (tertiary/aromatic N) is 2. The minimum absolute atomic E-state index is 0.578. The third-order valence-electron chi connectivity index (χ3n) is 2.76. The third-order valence-corrected chi connectivity index (χ3v) is 3.54. The lowest BCUT2D eigenvalue weighted by Gasteiger charge is -2.11. The Kier molecular flexibility index (Phi) is 5.24. The van der Waals surface area contributed by atoms with E-state index in [1.54, 1.807) is 11.8 Å². The summed E-state index contributed by atoms with van der Waals surface area (Å²) in [4.78, 5) is 9.97. The number of benzene rings is 1. The highest BCUT2D eigenvalue weighted by Crippen LogP contribution is 2.31. The molecule has 0 aliphatic heterocycles. The van der Waals surface area contributed by atoms with Crippen molar-refractivity contribution in [3.05, 3.63) is 36.2 Å². The number of thioether (sulfide) groups is 1. The first-order chi connectivity index (χ1) is 9.76. The van der Waals surface area contributed by atoms with E-state index in [9.17, 15) is 0 Å². The predicted octanol–water partition coefficient (Wildman–Crippen LogP) is 3.99. The van der Waals surface area contributed by atoms with E-state index in [0.717, 1.165) is 35.1 Å². The van der Waals surface area contributed by atoms with Crippen molar-refractivity contribution in [2.45, 2.75) is 24.7 Å². The lowest BCUT2D eigenvalue weighted by atomic mass is 10.3. The van der Waals surface area contributed by atoms with Gasteiger partial charge in [0.05, 0.1) is 0 Å². The van der Waals surface area contributed by atoms with Crippen molar-refractivity contribution < 1.29 is 4.74 Å². The Labute approximate surface area is 124 Å². The lowest BCUT2D eigenvalue weighted by molar-refractivity contribution is 0.448. The molecule has 0 aliphatic carbocycles. The number of hydrogen-bond acceptors (Lipinski definition) is 5. The van der Waals surface area contributed by atoms with E-state index in [2.05, 4.69) is 22.2 Å². The standard InChI is InChI=1S/C15H19N3OS/c1-4-7-13-17-14(16-2)10-15(18-13)19-11-8-5-6-9-12(11)20-3/h5-6,8-10H,4,7H2,1-3H3,(H,16,17,18). The molecule has 20 heavy (non-hydrogen) atoms. The second-order valence-electron chi connectivity index (χ2n) is 4.26. The van der Waals surface area contributed by atoms with Crippen LogP contribution in [0, 0.1) is 0 Å². The maximum atomic E-state index is 5.92. The molecule has 2 rings (SSSR count). The molecule has 1 heterocycles. The fourth-order valence-electron chi connectivity index (χ4n) is 1.80. The summed E-state index contributed by atoms with van der Waals surface area (Å²) in [6.45, 7) is 2.11. The van der Waals surface area contributed by atoms with Crippen molar-refractivity contribution in [3.8, 4) is 11.6 Å². The highest BCUT2D eigenvalue weighted by atomic mass is 32.2. The van der Waals surface area contributed by atoms with Crippen LogP contribution in [0.2, 0.25) is 0 Å². The number of hydrogen-bond donors (Lipinski definition) is 1. The molecule has 0 aliphatic rings. The molecule has 0 saturated carbocycles. The second-order valence-corrected chi connectivity index (χ2v) is 5.11. The van der Waals surface area contributed by atoms with Crippen molar-refractivity contribution in [1.82, 2.24) is 9.97 Å². The van der Waals surface area contributed by atoms with Crippen LogP contribution in [-0.4, -0.2) is 23.3 Å². The van der Waals surface area contributed by atoms with Crippen LogP contribution in [0.15, 0.2) is 35.2 Å². The SMILES string of the molecule is CCCc1nc(NC)cc(Oc2ccccc2SC)n1. The van der Waals surface area contributed by atoms with Gasteiger partial charge in [0, 0.05) is 24.4 Å². The van der Waals surface area contributed by atoms with Gasteiger partial charge in [-0.05, 0) is 24.8 Å². The van der Waals surface area contributed by atoms with Crippen molar-refractivity contribution in [1.29, 1.82) is 0 Å². The molecule has 5 heteroatoms. The van der Waals surface area contributed by atoms with Crippen molar-refractivity contribution in [2.24, 2.45) is 0 Å². The van der Waals surface area contributed by atoms with Crippen LogP contribution in [0.1, 0.15) is 19.2 Å². The summed E-state index contributed by atoms with van der Waals surface area (Å²) in [6, 6.07) is 9.76. The molecule has 0 fully saturated rings. The normalized spacial score (nSPS) is 10.3. The number of rotatable bonds is 6. The van der Waals surface area contributed by atoms with E-state index in [0.29, 0.717) is 5.88 Å². The second kappa shape index (κ2) is 7.14. The van der Waals surface area contributed by atoms with E-state index < -0.39 is 0 Å². The van der Waals surface area contributed by atoms with E-state index in [1.807, 2.05) is 43.6 Å². The number of anilines is 1. The summed E-state index contributed by atoms with van der Waals surface area (Å²) in [5, 5.41) is 3.04. The molecule has 0 amide bonds. The molecule has 2 aromatic rings. The smallest absolute Gasteiger partial charge is 0.224 e. The Hall–Kier alpha value is -1.75. The zero-order valence-electron chi connectivity index (χ0n) is 12.0. The largest absolute Gasteiger partial charge is 0.438 e. The molecule has 0 spiro atoms. The molecule has 0 radical (unpaired) electrons. The quantitative estimate of drug-likeness (QED) is 0.815. The van der Waals surface area contributed by atoms with E-state index >= 15 is 0 Å². The number of para-hydroxylation sites is 1. The highest BCUT2D eigenvalue weighted by Gasteiger charge is 2.08. The lowest BCUT2D eigenvalue weighted by Crippen LogP contribution is -2.02. The van der Waals surface area contributed by atoms with Gasteiger partial charge in [-0.1, -0.05) is 19.1 Å². The number of nitrogens with one attached hydrogen (secondary N) is 1. The fourth-order valence-corrected chi connectivity index (χ4v) is 2.33. The van der Waals surface area contributed by atoms with Crippen molar-refractivity contribution in [3.63, 3.8) is 0 Å².